The van der Waals surface area contributed by atoms with Crippen molar-refractivity contribution in [2.75, 3.05) is 13.3 Å². The molecule has 0 saturated carbocycles. The number of alkyl halides is 2. The van der Waals surface area contributed by atoms with Gasteiger partial charge < -0.3 is 14.7 Å². The standard InChI is InChI=1S/C25H19F3N4O5S/c1-32-22(33)25(31-24(32)30,15-7-9-16(10-8-15)36-23(27)28)21-18(17-5-3-4-6-19(17)26)11-14(13-29)12-20(21)37-38(2,34)35/h3-12,23H,1-2H3,(H2,30,31). The topological polar surface area (TPSA) is 135 Å². The zero-order valence-electron chi connectivity index (χ0n) is 19.9. The molecule has 1 heterocycles. The summed E-state index contributed by atoms with van der Waals surface area (Å²) in [4.78, 5) is 19.2. The summed E-state index contributed by atoms with van der Waals surface area (Å²) in [5.41, 5.74) is 3.41. The highest BCUT2D eigenvalue weighted by molar-refractivity contribution is 7.86. The zero-order valence-corrected chi connectivity index (χ0v) is 20.7. The van der Waals surface area contributed by atoms with Crippen molar-refractivity contribution in [1.29, 1.82) is 5.26 Å². The second-order valence-electron chi connectivity index (χ2n) is 8.22. The average molecular weight is 545 g/mol. The van der Waals surface area contributed by atoms with Crippen molar-refractivity contribution in [1.82, 2.24) is 4.90 Å². The number of ether oxygens (including phenoxy) is 1. The fourth-order valence-electron chi connectivity index (χ4n) is 4.19. The van der Waals surface area contributed by atoms with Crippen LogP contribution in [0.5, 0.6) is 11.5 Å². The molecule has 3 aromatic carbocycles. The van der Waals surface area contributed by atoms with Gasteiger partial charge in [-0.25, -0.2) is 9.38 Å². The van der Waals surface area contributed by atoms with E-state index >= 15 is 4.39 Å². The van der Waals surface area contributed by atoms with Crippen LogP contribution in [-0.4, -0.2) is 45.1 Å². The van der Waals surface area contributed by atoms with Gasteiger partial charge in [0.25, 0.3) is 5.91 Å². The van der Waals surface area contributed by atoms with E-state index in [1.54, 1.807) is 0 Å². The molecule has 4 rings (SSSR count). The molecule has 1 aliphatic rings. The van der Waals surface area contributed by atoms with Crippen molar-refractivity contribution < 1.29 is 35.3 Å². The molecule has 9 nitrogen and oxygen atoms in total. The van der Waals surface area contributed by atoms with Gasteiger partial charge >= 0.3 is 16.7 Å². The monoisotopic (exact) mass is 544 g/mol. The second-order valence-corrected chi connectivity index (χ2v) is 9.80. The molecule has 1 aliphatic heterocycles. The lowest BCUT2D eigenvalue weighted by Crippen LogP contribution is -2.41. The maximum Gasteiger partial charge on any atom is 0.387 e. The Balaban J connectivity index is 2.16. The van der Waals surface area contributed by atoms with Gasteiger partial charge in [0.2, 0.25) is 0 Å². The second kappa shape index (κ2) is 9.71. The van der Waals surface area contributed by atoms with Crippen LogP contribution < -0.4 is 14.7 Å². The van der Waals surface area contributed by atoms with Crippen LogP contribution in [0.3, 0.4) is 0 Å². The molecule has 38 heavy (non-hydrogen) atoms. The maximum absolute atomic E-state index is 15.1. The minimum atomic E-state index is -4.25. The van der Waals surface area contributed by atoms with Gasteiger partial charge in [0.05, 0.1) is 17.9 Å². The lowest BCUT2D eigenvalue weighted by molar-refractivity contribution is -0.129. The Morgan fingerprint density at radius 2 is 1.76 bits per heavy atom. The van der Waals surface area contributed by atoms with Crippen LogP contribution in [0, 0.1) is 17.1 Å². The summed E-state index contributed by atoms with van der Waals surface area (Å²) in [7, 11) is -2.93. The molecule has 0 bridgehead atoms. The molecule has 1 atom stereocenters. The minimum Gasteiger partial charge on any atom is -0.435 e. The number of guanidine groups is 1. The van der Waals surface area contributed by atoms with E-state index in [9.17, 15) is 27.3 Å². The fraction of sp³-hybridized carbons (Fsp3) is 0.160. The Kier molecular flexibility index (Phi) is 6.77. The molecule has 0 fully saturated rings. The van der Waals surface area contributed by atoms with Gasteiger partial charge in [-0.05, 0) is 35.4 Å². The number of nitrogens with zero attached hydrogens (tertiary/aromatic N) is 3. The van der Waals surface area contributed by atoms with Crippen molar-refractivity contribution in [2.45, 2.75) is 12.2 Å². The molecule has 0 aliphatic carbocycles. The summed E-state index contributed by atoms with van der Waals surface area (Å²) in [6.07, 6.45) is 0.752. The number of carbonyl (C=O) groups is 1. The molecular formula is C25H19F3N4O5S. The van der Waals surface area contributed by atoms with Crippen LogP contribution in [0.2, 0.25) is 0 Å². The summed E-state index contributed by atoms with van der Waals surface area (Å²) in [6.45, 7) is -3.11. The van der Waals surface area contributed by atoms with Gasteiger partial charge in [0.1, 0.15) is 11.6 Å². The molecule has 0 radical (unpaired) electrons. The molecule has 0 spiro atoms. The van der Waals surface area contributed by atoms with Crippen LogP contribution in [-0.2, 0) is 20.5 Å². The number of halogens is 3. The van der Waals surface area contributed by atoms with E-state index in [0.717, 1.165) is 35.4 Å². The summed E-state index contributed by atoms with van der Waals surface area (Å²) in [6, 6.07) is 14.5. The number of amides is 1. The Hall–Kier alpha value is -4.57. The average Bonchev–Trinajstić information content (AvgIpc) is 3.07. The van der Waals surface area contributed by atoms with Crippen molar-refractivity contribution in [3.63, 3.8) is 0 Å². The summed E-state index contributed by atoms with van der Waals surface area (Å²) < 4.78 is 74.7. The lowest BCUT2D eigenvalue weighted by Gasteiger charge is -2.30. The number of hydrogen-bond donors (Lipinski definition) is 1. The summed E-state index contributed by atoms with van der Waals surface area (Å²) >= 11 is 0. The third kappa shape index (κ3) is 4.73. The molecule has 196 valence electrons. The van der Waals surface area contributed by atoms with Crippen molar-refractivity contribution >= 4 is 22.0 Å². The first kappa shape index (κ1) is 26.5. The molecule has 3 aromatic rings. The van der Waals surface area contributed by atoms with E-state index in [-0.39, 0.29) is 39.5 Å². The van der Waals surface area contributed by atoms with Crippen LogP contribution >= 0.6 is 0 Å². The van der Waals surface area contributed by atoms with Crippen molar-refractivity contribution in [3.8, 4) is 28.7 Å². The molecule has 13 heteroatoms. The fourth-order valence-corrected chi connectivity index (χ4v) is 4.65. The maximum atomic E-state index is 15.1. The van der Waals surface area contributed by atoms with Crippen molar-refractivity contribution in [2.24, 2.45) is 10.7 Å². The summed E-state index contributed by atoms with van der Waals surface area (Å²) in [5, 5.41) is 9.63. The Morgan fingerprint density at radius 3 is 2.29 bits per heavy atom. The number of nitrogens with two attached hydrogens (primary N) is 1. The summed E-state index contributed by atoms with van der Waals surface area (Å²) in [5.74, 6) is -2.50. The quantitative estimate of drug-likeness (QED) is 0.451. The Labute approximate surface area is 215 Å². The highest BCUT2D eigenvalue weighted by Crippen LogP contribution is 2.49. The van der Waals surface area contributed by atoms with E-state index in [0.29, 0.717) is 0 Å². The molecule has 0 aromatic heterocycles. The SMILES string of the molecule is CN1C(=O)C(c2ccc(OC(F)F)cc2)(c2c(OS(C)(=O)=O)cc(C#N)cc2-c2ccccc2F)N=C1N. The first-order chi connectivity index (χ1) is 17.9. The normalized spacial score (nSPS) is 17.3. The predicted molar refractivity (Wildman–Crippen MR) is 130 cm³/mol. The van der Waals surface area contributed by atoms with Gasteiger partial charge in [-0.2, -0.15) is 22.5 Å². The van der Waals surface area contributed by atoms with E-state index in [1.165, 1.54) is 43.4 Å². The number of hydrogen-bond acceptors (Lipinski definition) is 8. The van der Waals surface area contributed by atoms with Crippen LogP contribution in [0.4, 0.5) is 13.2 Å². The van der Waals surface area contributed by atoms with Crippen LogP contribution in [0.25, 0.3) is 11.1 Å². The van der Waals surface area contributed by atoms with Crippen LogP contribution in [0.1, 0.15) is 16.7 Å². The molecule has 1 unspecified atom stereocenters. The minimum absolute atomic E-state index is 0.0528. The lowest BCUT2D eigenvalue weighted by atomic mass is 9.77. The number of benzene rings is 3. The number of rotatable bonds is 7. The van der Waals surface area contributed by atoms with Gasteiger partial charge in [0, 0.05) is 24.2 Å². The van der Waals surface area contributed by atoms with Crippen LogP contribution in [0.15, 0.2) is 65.7 Å². The van der Waals surface area contributed by atoms with Crippen molar-refractivity contribution in [3.05, 3.63) is 83.2 Å². The molecular weight excluding hydrogens is 525 g/mol. The first-order valence-corrected chi connectivity index (χ1v) is 12.6. The predicted octanol–water partition coefficient (Wildman–Crippen LogP) is 3.33. The largest absolute Gasteiger partial charge is 0.435 e. The Morgan fingerprint density at radius 1 is 1.11 bits per heavy atom. The highest BCUT2D eigenvalue weighted by Gasteiger charge is 2.53. The van der Waals surface area contributed by atoms with Gasteiger partial charge in [0.15, 0.2) is 17.2 Å². The number of nitriles is 1. The number of likely N-dealkylation sites (N-methyl/N-ethyl adjacent to an activating group) is 1. The number of carbonyl (C=O) groups excluding carboxylic acids is 1. The number of aliphatic imine (C=N–C) groups is 1. The van der Waals surface area contributed by atoms with E-state index in [1.807, 2.05) is 6.07 Å². The Bertz CT molecular complexity index is 1600. The van der Waals surface area contributed by atoms with Gasteiger partial charge in [-0.1, -0.05) is 30.3 Å². The van der Waals surface area contributed by atoms with Gasteiger partial charge in [-0.3, -0.25) is 9.69 Å². The smallest absolute Gasteiger partial charge is 0.387 e. The first-order valence-electron chi connectivity index (χ1n) is 10.8. The molecule has 2 N–H and O–H groups in total. The zero-order chi connectivity index (χ0) is 27.8. The van der Waals surface area contributed by atoms with Gasteiger partial charge in [-0.15, -0.1) is 0 Å². The van der Waals surface area contributed by atoms with E-state index < -0.39 is 39.7 Å². The third-order valence-electron chi connectivity index (χ3n) is 5.74. The van der Waals surface area contributed by atoms with E-state index in [4.69, 9.17) is 9.92 Å². The molecule has 1 amide bonds. The highest BCUT2D eigenvalue weighted by atomic mass is 32.2. The third-order valence-corrected chi connectivity index (χ3v) is 6.22. The van der Waals surface area contributed by atoms with E-state index in [2.05, 4.69) is 9.73 Å². The molecule has 0 saturated heterocycles.